The second-order valence-electron chi connectivity index (χ2n) is 2.23. The van der Waals surface area contributed by atoms with E-state index in [1.165, 1.54) is 6.92 Å². The number of nitrogens with zero attached hydrogens (tertiary/aromatic N) is 1. The molecule has 0 spiro atoms. The van der Waals surface area contributed by atoms with Gasteiger partial charge in [0.2, 0.25) is 5.91 Å². The first-order valence-corrected chi connectivity index (χ1v) is 4.58. The van der Waals surface area contributed by atoms with Gasteiger partial charge in [0.1, 0.15) is 0 Å². The highest BCUT2D eigenvalue weighted by Crippen LogP contribution is 1.90. The quantitative estimate of drug-likeness (QED) is 0.699. The Morgan fingerprint density at radius 1 is 1.33 bits per heavy atom. The van der Waals surface area contributed by atoms with Crippen molar-refractivity contribution >= 4 is 5.91 Å². The molecule has 0 unspecified atom stereocenters. The predicted octanol–water partition coefficient (Wildman–Crippen LogP) is 1.26. The number of amides is 1. The molecule has 1 amide bonds. The molecule has 0 heterocycles. The lowest BCUT2D eigenvalue weighted by Gasteiger charge is -2.18. The molecule has 0 saturated carbocycles. The molecule has 0 aliphatic heterocycles. The standard InChI is InChI=1S/C7H15NO2.C2H6/c1-3-4-8(5-6-9)7(2)10;1-2/h9H,3-6H2,1-2H3;1-2H3. The van der Waals surface area contributed by atoms with Crippen LogP contribution in [-0.4, -0.2) is 35.6 Å². The molecular formula is C9H21NO2. The molecule has 3 heteroatoms. The van der Waals surface area contributed by atoms with Crippen molar-refractivity contribution < 1.29 is 9.90 Å². The highest BCUT2D eigenvalue weighted by molar-refractivity contribution is 5.73. The van der Waals surface area contributed by atoms with Gasteiger partial charge >= 0.3 is 0 Å². The molecule has 0 aromatic rings. The molecule has 0 fully saturated rings. The summed E-state index contributed by atoms with van der Waals surface area (Å²) in [6.45, 7) is 8.79. The van der Waals surface area contributed by atoms with Crippen LogP contribution < -0.4 is 0 Å². The van der Waals surface area contributed by atoms with Crippen LogP contribution in [0.5, 0.6) is 0 Å². The van der Waals surface area contributed by atoms with Crippen LogP contribution in [0.1, 0.15) is 34.1 Å². The van der Waals surface area contributed by atoms with Crippen LogP contribution in [0.15, 0.2) is 0 Å². The maximum absolute atomic E-state index is 10.7. The van der Waals surface area contributed by atoms with E-state index in [9.17, 15) is 4.79 Å². The van der Waals surface area contributed by atoms with Crippen molar-refractivity contribution in [2.24, 2.45) is 0 Å². The third-order valence-electron chi connectivity index (χ3n) is 1.31. The molecule has 0 rings (SSSR count). The molecule has 12 heavy (non-hydrogen) atoms. The van der Waals surface area contributed by atoms with E-state index >= 15 is 0 Å². The van der Waals surface area contributed by atoms with E-state index in [1.807, 2.05) is 20.8 Å². The summed E-state index contributed by atoms with van der Waals surface area (Å²) in [6.07, 6.45) is 0.944. The van der Waals surface area contributed by atoms with Crippen molar-refractivity contribution in [2.45, 2.75) is 34.1 Å². The average Bonchev–Trinajstić information content (AvgIpc) is 2.08. The maximum Gasteiger partial charge on any atom is 0.219 e. The molecule has 0 atom stereocenters. The average molecular weight is 175 g/mol. The van der Waals surface area contributed by atoms with E-state index < -0.39 is 0 Å². The maximum atomic E-state index is 10.7. The molecule has 0 aromatic heterocycles. The minimum absolute atomic E-state index is 0.0379. The number of hydrogen-bond acceptors (Lipinski definition) is 2. The Kier molecular flexibility index (Phi) is 12.2. The summed E-state index contributed by atoms with van der Waals surface area (Å²) in [5, 5.41) is 8.52. The van der Waals surface area contributed by atoms with Gasteiger partial charge in [0.15, 0.2) is 0 Å². The smallest absolute Gasteiger partial charge is 0.219 e. The van der Waals surface area contributed by atoms with Gasteiger partial charge in [-0.05, 0) is 6.42 Å². The molecule has 0 aromatic carbocycles. The minimum Gasteiger partial charge on any atom is -0.395 e. The number of rotatable bonds is 4. The van der Waals surface area contributed by atoms with Gasteiger partial charge in [0.25, 0.3) is 0 Å². The number of hydrogen-bond donors (Lipinski definition) is 1. The van der Waals surface area contributed by atoms with Gasteiger partial charge in [-0.25, -0.2) is 0 Å². The van der Waals surface area contributed by atoms with Gasteiger partial charge in [0, 0.05) is 20.0 Å². The zero-order chi connectivity index (χ0) is 9.98. The Bertz CT molecular complexity index is 98.7. The molecule has 1 N–H and O–H groups in total. The third kappa shape index (κ3) is 7.54. The van der Waals surface area contributed by atoms with Crippen LogP contribution in [0.4, 0.5) is 0 Å². The molecular weight excluding hydrogens is 154 g/mol. The van der Waals surface area contributed by atoms with E-state index in [-0.39, 0.29) is 12.5 Å². The lowest BCUT2D eigenvalue weighted by Crippen LogP contribution is -2.32. The summed E-state index contributed by atoms with van der Waals surface area (Å²) in [6, 6.07) is 0. The van der Waals surface area contributed by atoms with Gasteiger partial charge in [-0.15, -0.1) is 0 Å². The monoisotopic (exact) mass is 175 g/mol. The topological polar surface area (TPSA) is 40.5 Å². The first-order chi connectivity index (χ1) is 5.72. The van der Waals surface area contributed by atoms with E-state index in [1.54, 1.807) is 4.90 Å². The lowest BCUT2D eigenvalue weighted by molar-refractivity contribution is -0.129. The van der Waals surface area contributed by atoms with Crippen LogP contribution in [0, 0.1) is 0 Å². The second kappa shape index (κ2) is 10.4. The predicted molar refractivity (Wildman–Crippen MR) is 51.0 cm³/mol. The van der Waals surface area contributed by atoms with E-state index in [4.69, 9.17) is 5.11 Å². The van der Waals surface area contributed by atoms with Crippen LogP contribution in [-0.2, 0) is 4.79 Å². The first kappa shape index (κ1) is 14.0. The summed E-state index contributed by atoms with van der Waals surface area (Å²) in [4.78, 5) is 12.4. The minimum atomic E-state index is 0.0379. The fourth-order valence-electron chi connectivity index (χ4n) is 0.817. The van der Waals surface area contributed by atoms with Crippen LogP contribution in [0.3, 0.4) is 0 Å². The van der Waals surface area contributed by atoms with Crippen molar-refractivity contribution in [3.05, 3.63) is 0 Å². The van der Waals surface area contributed by atoms with E-state index in [0.29, 0.717) is 6.54 Å². The molecule has 0 bridgehead atoms. The number of carbonyl (C=O) groups is 1. The molecule has 3 nitrogen and oxygen atoms in total. The number of aliphatic hydroxyl groups is 1. The Hall–Kier alpha value is -0.570. The Balaban J connectivity index is 0. The van der Waals surface area contributed by atoms with Gasteiger partial charge in [-0.3, -0.25) is 4.79 Å². The number of aliphatic hydroxyl groups excluding tert-OH is 1. The fourth-order valence-corrected chi connectivity index (χ4v) is 0.817. The van der Waals surface area contributed by atoms with Crippen LogP contribution in [0.2, 0.25) is 0 Å². The zero-order valence-electron chi connectivity index (χ0n) is 8.63. The summed E-state index contributed by atoms with van der Waals surface area (Å²) in [5.74, 6) is 0.0379. The van der Waals surface area contributed by atoms with Crippen LogP contribution in [0.25, 0.3) is 0 Å². The van der Waals surface area contributed by atoms with Crippen molar-refractivity contribution in [3.8, 4) is 0 Å². The van der Waals surface area contributed by atoms with Crippen molar-refractivity contribution in [2.75, 3.05) is 19.7 Å². The SMILES string of the molecule is CC.CCCN(CCO)C(C)=O. The fraction of sp³-hybridized carbons (Fsp3) is 0.889. The molecule has 0 radical (unpaired) electrons. The van der Waals surface area contributed by atoms with Gasteiger partial charge in [-0.2, -0.15) is 0 Å². The van der Waals surface area contributed by atoms with Crippen molar-refractivity contribution in [1.82, 2.24) is 4.90 Å². The largest absolute Gasteiger partial charge is 0.395 e. The molecule has 74 valence electrons. The summed E-state index contributed by atoms with van der Waals surface area (Å²) >= 11 is 0. The van der Waals surface area contributed by atoms with E-state index in [0.717, 1.165) is 13.0 Å². The Morgan fingerprint density at radius 3 is 2.08 bits per heavy atom. The summed E-state index contributed by atoms with van der Waals surface area (Å²) in [5.41, 5.74) is 0. The normalized spacial score (nSPS) is 8.42. The Labute approximate surface area is 75.4 Å². The Morgan fingerprint density at radius 2 is 1.83 bits per heavy atom. The summed E-state index contributed by atoms with van der Waals surface area (Å²) in [7, 11) is 0. The highest BCUT2D eigenvalue weighted by Gasteiger charge is 2.04. The van der Waals surface area contributed by atoms with Crippen LogP contribution >= 0.6 is 0 Å². The first-order valence-electron chi connectivity index (χ1n) is 4.58. The van der Waals surface area contributed by atoms with Crippen molar-refractivity contribution in [1.29, 1.82) is 0 Å². The third-order valence-corrected chi connectivity index (χ3v) is 1.31. The van der Waals surface area contributed by atoms with Crippen molar-refractivity contribution in [3.63, 3.8) is 0 Å². The molecule has 0 saturated heterocycles. The molecule has 0 aliphatic rings. The highest BCUT2D eigenvalue weighted by atomic mass is 16.3. The summed E-state index contributed by atoms with van der Waals surface area (Å²) < 4.78 is 0. The van der Waals surface area contributed by atoms with Gasteiger partial charge in [-0.1, -0.05) is 20.8 Å². The molecule has 0 aliphatic carbocycles. The van der Waals surface area contributed by atoms with E-state index in [2.05, 4.69) is 0 Å². The zero-order valence-corrected chi connectivity index (χ0v) is 8.63. The van der Waals surface area contributed by atoms with Gasteiger partial charge < -0.3 is 10.0 Å². The lowest BCUT2D eigenvalue weighted by atomic mass is 10.4. The number of carbonyl (C=O) groups excluding carboxylic acids is 1. The second-order valence-corrected chi connectivity index (χ2v) is 2.23. The van der Waals surface area contributed by atoms with Gasteiger partial charge in [0.05, 0.1) is 6.61 Å².